The summed E-state index contributed by atoms with van der Waals surface area (Å²) in [6.45, 7) is 1.61. The van der Waals surface area contributed by atoms with Crippen LogP contribution in [0, 0.1) is 12.7 Å². The van der Waals surface area contributed by atoms with Crippen LogP contribution >= 0.6 is 11.6 Å². The second-order valence-corrected chi connectivity index (χ2v) is 5.28. The molecule has 0 saturated heterocycles. The van der Waals surface area contributed by atoms with E-state index in [2.05, 4.69) is 4.98 Å². The molecule has 0 spiro atoms. The van der Waals surface area contributed by atoms with Crippen LogP contribution in [-0.4, -0.2) is 22.1 Å². The second kappa shape index (κ2) is 4.20. The van der Waals surface area contributed by atoms with Crippen molar-refractivity contribution in [3.63, 3.8) is 0 Å². The zero-order valence-corrected chi connectivity index (χ0v) is 11.0. The second-order valence-electron chi connectivity index (χ2n) is 4.92. The normalized spacial score (nSPS) is 18.1. The predicted octanol–water partition coefficient (Wildman–Crippen LogP) is 2.68. The van der Waals surface area contributed by atoms with E-state index in [1.54, 1.807) is 13.1 Å². The molecule has 6 heteroatoms. The number of aliphatic carboxylic acids is 1. The monoisotopic (exact) mass is 282 g/mol. The van der Waals surface area contributed by atoms with Gasteiger partial charge in [0.15, 0.2) is 11.0 Å². The molecule has 1 N–H and O–H groups in total. The Morgan fingerprint density at radius 1 is 1.58 bits per heavy atom. The van der Waals surface area contributed by atoms with E-state index in [1.807, 2.05) is 4.90 Å². The SMILES string of the molecule is Cc1c(F)c(Cl)nc2c1CC(C(=O)O)=CN2C1CC1. The molecule has 19 heavy (non-hydrogen) atoms. The van der Waals surface area contributed by atoms with E-state index in [4.69, 9.17) is 16.7 Å². The molecule has 0 amide bonds. The summed E-state index contributed by atoms with van der Waals surface area (Å²) in [5.41, 5.74) is 1.26. The Hall–Kier alpha value is -1.62. The van der Waals surface area contributed by atoms with Crippen molar-refractivity contribution in [3.05, 3.63) is 33.9 Å². The number of carboxylic acids is 1. The van der Waals surface area contributed by atoms with Gasteiger partial charge in [0.05, 0.1) is 5.57 Å². The number of carbonyl (C=O) groups is 1. The van der Waals surface area contributed by atoms with E-state index in [0.29, 0.717) is 16.9 Å². The number of carboxylic acid groups (broad SMARTS) is 1. The van der Waals surface area contributed by atoms with Gasteiger partial charge in [-0.05, 0) is 25.3 Å². The molecule has 1 aliphatic carbocycles. The van der Waals surface area contributed by atoms with Gasteiger partial charge in [0.1, 0.15) is 5.82 Å². The highest BCUT2D eigenvalue weighted by Crippen LogP contribution is 2.39. The molecule has 0 atom stereocenters. The van der Waals surface area contributed by atoms with Crippen molar-refractivity contribution in [1.29, 1.82) is 0 Å². The van der Waals surface area contributed by atoms with Crippen LogP contribution in [0.15, 0.2) is 11.8 Å². The number of nitrogens with zero attached hydrogens (tertiary/aromatic N) is 2. The minimum absolute atomic E-state index is 0.158. The van der Waals surface area contributed by atoms with Gasteiger partial charge in [-0.15, -0.1) is 0 Å². The van der Waals surface area contributed by atoms with E-state index in [9.17, 15) is 9.18 Å². The zero-order chi connectivity index (χ0) is 13.7. The molecule has 0 radical (unpaired) electrons. The summed E-state index contributed by atoms with van der Waals surface area (Å²) < 4.78 is 13.8. The van der Waals surface area contributed by atoms with E-state index in [1.165, 1.54) is 0 Å². The third-order valence-corrected chi connectivity index (χ3v) is 3.81. The van der Waals surface area contributed by atoms with Crippen molar-refractivity contribution >= 4 is 23.4 Å². The van der Waals surface area contributed by atoms with Crippen molar-refractivity contribution in [2.45, 2.75) is 32.2 Å². The van der Waals surface area contributed by atoms with Crippen LogP contribution in [0.5, 0.6) is 0 Å². The standard InChI is InChI=1S/C13H12ClFN2O2/c1-6-9-4-7(13(18)19)5-17(8-2-3-8)12(9)16-11(14)10(6)15/h5,8H,2-4H2,1H3,(H,18,19). The quantitative estimate of drug-likeness (QED) is 0.848. The Kier molecular flexibility index (Phi) is 2.74. The third kappa shape index (κ3) is 1.98. The fourth-order valence-corrected chi connectivity index (χ4v) is 2.54. The number of halogens is 2. The van der Waals surface area contributed by atoms with Gasteiger partial charge in [0, 0.05) is 24.2 Å². The fourth-order valence-electron chi connectivity index (χ4n) is 2.32. The van der Waals surface area contributed by atoms with Crippen molar-refractivity contribution in [2.24, 2.45) is 0 Å². The van der Waals surface area contributed by atoms with Gasteiger partial charge in [-0.2, -0.15) is 0 Å². The molecule has 0 aromatic carbocycles. The lowest BCUT2D eigenvalue weighted by Crippen LogP contribution is -2.28. The molecular formula is C13H12ClFN2O2. The minimum atomic E-state index is -0.981. The predicted molar refractivity (Wildman–Crippen MR) is 68.9 cm³/mol. The van der Waals surface area contributed by atoms with Crippen LogP contribution in [0.2, 0.25) is 5.15 Å². The molecule has 1 aromatic heterocycles. The van der Waals surface area contributed by atoms with Crippen molar-refractivity contribution < 1.29 is 14.3 Å². The van der Waals surface area contributed by atoms with Crippen molar-refractivity contribution in [3.8, 4) is 0 Å². The highest BCUT2D eigenvalue weighted by atomic mass is 35.5. The number of pyridine rings is 1. The first-order valence-corrected chi connectivity index (χ1v) is 6.43. The number of anilines is 1. The molecule has 1 aromatic rings. The Morgan fingerprint density at radius 2 is 2.26 bits per heavy atom. The number of hydrogen-bond acceptors (Lipinski definition) is 3. The number of hydrogen-bond donors (Lipinski definition) is 1. The summed E-state index contributed by atoms with van der Waals surface area (Å²) in [7, 11) is 0. The summed E-state index contributed by atoms with van der Waals surface area (Å²) in [6.07, 6.45) is 3.75. The first-order chi connectivity index (χ1) is 8.99. The van der Waals surface area contributed by atoms with Gasteiger partial charge in [0.2, 0.25) is 0 Å². The van der Waals surface area contributed by atoms with Crippen LogP contribution in [0.3, 0.4) is 0 Å². The Labute approximate surface area is 114 Å². The maximum atomic E-state index is 13.8. The summed E-state index contributed by atoms with van der Waals surface area (Å²) in [6, 6.07) is 0.252. The lowest BCUT2D eigenvalue weighted by atomic mass is 9.98. The third-order valence-electron chi connectivity index (χ3n) is 3.56. The molecule has 3 rings (SSSR count). The van der Waals surface area contributed by atoms with Gasteiger partial charge in [-0.25, -0.2) is 14.2 Å². The van der Waals surface area contributed by atoms with Crippen LogP contribution in [-0.2, 0) is 11.2 Å². The van der Waals surface area contributed by atoms with Crippen LogP contribution in [0.4, 0.5) is 10.2 Å². The summed E-state index contributed by atoms with van der Waals surface area (Å²) in [5.74, 6) is -0.953. The molecule has 1 saturated carbocycles. The molecular weight excluding hydrogens is 271 g/mol. The van der Waals surface area contributed by atoms with Gasteiger partial charge in [0.25, 0.3) is 0 Å². The number of fused-ring (bicyclic) bond motifs is 1. The smallest absolute Gasteiger partial charge is 0.333 e. The lowest BCUT2D eigenvalue weighted by molar-refractivity contribution is -0.132. The average molecular weight is 283 g/mol. The molecule has 0 unspecified atom stereocenters. The Bertz CT molecular complexity index is 611. The average Bonchev–Trinajstić information content (AvgIpc) is 3.19. The van der Waals surface area contributed by atoms with Gasteiger partial charge in [-0.3, -0.25) is 0 Å². The van der Waals surface area contributed by atoms with E-state index < -0.39 is 11.8 Å². The molecule has 1 aliphatic heterocycles. The molecule has 100 valence electrons. The Balaban J connectivity index is 2.16. The van der Waals surface area contributed by atoms with Gasteiger partial charge >= 0.3 is 5.97 Å². The largest absolute Gasteiger partial charge is 0.478 e. The zero-order valence-electron chi connectivity index (χ0n) is 10.3. The lowest BCUT2D eigenvalue weighted by Gasteiger charge is -2.28. The molecule has 1 fully saturated rings. The number of rotatable bonds is 2. The van der Waals surface area contributed by atoms with E-state index in [-0.39, 0.29) is 23.2 Å². The summed E-state index contributed by atoms with van der Waals surface area (Å²) in [4.78, 5) is 17.1. The fraction of sp³-hybridized carbons (Fsp3) is 0.385. The summed E-state index contributed by atoms with van der Waals surface area (Å²) in [5, 5.41) is 9.01. The first-order valence-electron chi connectivity index (χ1n) is 6.06. The van der Waals surface area contributed by atoms with Crippen molar-refractivity contribution in [1.82, 2.24) is 4.98 Å². The maximum Gasteiger partial charge on any atom is 0.333 e. The summed E-state index contributed by atoms with van der Waals surface area (Å²) >= 11 is 5.79. The van der Waals surface area contributed by atoms with Crippen LogP contribution in [0.25, 0.3) is 0 Å². The molecule has 4 nitrogen and oxygen atoms in total. The minimum Gasteiger partial charge on any atom is -0.478 e. The van der Waals surface area contributed by atoms with E-state index >= 15 is 0 Å². The van der Waals surface area contributed by atoms with Crippen LogP contribution in [0.1, 0.15) is 24.0 Å². The van der Waals surface area contributed by atoms with Gasteiger partial charge in [-0.1, -0.05) is 11.6 Å². The maximum absolute atomic E-state index is 13.8. The van der Waals surface area contributed by atoms with E-state index in [0.717, 1.165) is 12.8 Å². The highest BCUT2D eigenvalue weighted by molar-refractivity contribution is 6.29. The van der Waals surface area contributed by atoms with Gasteiger partial charge < -0.3 is 10.0 Å². The van der Waals surface area contributed by atoms with Crippen molar-refractivity contribution in [2.75, 3.05) is 4.90 Å². The molecule has 2 heterocycles. The topological polar surface area (TPSA) is 53.4 Å². The van der Waals surface area contributed by atoms with Crippen LogP contribution < -0.4 is 4.90 Å². The number of aromatic nitrogens is 1. The molecule has 2 aliphatic rings. The Morgan fingerprint density at radius 3 is 2.84 bits per heavy atom. The highest BCUT2D eigenvalue weighted by Gasteiger charge is 2.35. The first kappa shape index (κ1) is 12.4. The molecule has 0 bridgehead atoms.